The number of carbonyl (C=O) groups is 3. The molecule has 37 heavy (non-hydrogen) atoms. The van der Waals surface area contributed by atoms with Crippen LogP contribution in [0.5, 0.6) is 0 Å². The first-order valence-corrected chi connectivity index (χ1v) is 13.6. The van der Waals surface area contributed by atoms with Gasteiger partial charge in [-0.05, 0) is 55.8 Å². The first-order chi connectivity index (χ1) is 17.9. The van der Waals surface area contributed by atoms with Crippen molar-refractivity contribution in [3.63, 3.8) is 0 Å². The Labute approximate surface area is 220 Å². The number of fused-ring (bicyclic) bond motifs is 2. The van der Waals surface area contributed by atoms with Crippen LogP contribution in [0.25, 0.3) is 21.0 Å². The van der Waals surface area contributed by atoms with E-state index in [4.69, 9.17) is 4.74 Å². The summed E-state index contributed by atoms with van der Waals surface area (Å²) in [6.07, 6.45) is 3.23. The van der Waals surface area contributed by atoms with Crippen LogP contribution in [0.2, 0.25) is 0 Å². The number of esters is 1. The molecule has 5 rings (SSSR count). The molecule has 0 bridgehead atoms. The number of nitrogens with one attached hydrogen (secondary N) is 1. The van der Waals surface area contributed by atoms with E-state index in [0.717, 1.165) is 26.6 Å². The highest BCUT2D eigenvalue weighted by Crippen LogP contribution is 2.37. The Kier molecular flexibility index (Phi) is 7.02. The summed E-state index contributed by atoms with van der Waals surface area (Å²) in [4.78, 5) is 46.3. The summed E-state index contributed by atoms with van der Waals surface area (Å²) in [6, 6.07) is 16.0. The highest BCUT2D eigenvalue weighted by Gasteiger charge is 2.51. The zero-order valence-electron chi connectivity index (χ0n) is 21.2. The first kappa shape index (κ1) is 25.0. The van der Waals surface area contributed by atoms with Crippen LogP contribution in [0.15, 0.2) is 60.1 Å². The van der Waals surface area contributed by atoms with E-state index in [1.165, 1.54) is 0 Å². The number of nitrogens with zero attached hydrogens (tertiary/aromatic N) is 2. The highest BCUT2D eigenvalue weighted by molar-refractivity contribution is 7.17. The molecular formula is C29H31N3O4S. The lowest BCUT2D eigenvalue weighted by Crippen LogP contribution is -2.67. The van der Waals surface area contributed by atoms with Gasteiger partial charge in [-0.1, -0.05) is 30.3 Å². The molecule has 7 nitrogen and oxygen atoms in total. The molecule has 1 N–H and O–H groups in total. The van der Waals surface area contributed by atoms with Gasteiger partial charge in [0.25, 0.3) is 5.91 Å². The van der Waals surface area contributed by atoms with Gasteiger partial charge in [-0.25, -0.2) is 0 Å². The van der Waals surface area contributed by atoms with Gasteiger partial charge in [-0.2, -0.15) is 0 Å². The van der Waals surface area contributed by atoms with Crippen molar-refractivity contribution < 1.29 is 19.1 Å². The zero-order chi connectivity index (χ0) is 26.0. The van der Waals surface area contributed by atoms with E-state index < -0.39 is 5.54 Å². The van der Waals surface area contributed by atoms with Crippen molar-refractivity contribution in [2.75, 3.05) is 19.7 Å². The van der Waals surface area contributed by atoms with Crippen LogP contribution < -0.4 is 0 Å². The summed E-state index contributed by atoms with van der Waals surface area (Å²) in [5.41, 5.74) is 1.71. The van der Waals surface area contributed by atoms with Crippen LogP contribution in [0.4, 0.5) is 0 Å². The van der Waals surface area contributed by atoms with E-state index in [0.29, 0.717) is 44.6 Å². The van der Waals surface area contributed by atoms with E-state index in [9.17, 15) is 14.4 Å². The number of ether oxygens (including phenoxy) is 1. The lowest BCUT2D eigenvalue weighted by molar-refractivity contribution is -0.150. The number of aromatic nitrogens is 1. The Bertz CT molecular complexity index is 1460. The van der Waals surface area contributed by atoms with Crippen molar-refractivity contribution in [1.82, 2.24) is 14.8 Å². The number of benzene rings is 2. The third-order valence-electron chi connectivity index (χ3n) is 7.23. The molecule has 3 heterocycles. The van der Waals surface area contributed by atoms with Gasteiger partial charge >= 0.3 is 5.97 Å². The Hall–Kier alpha value is -3.65. The number of amides is 2. The van der Waals surface area contributed by atoms with Crippen LogP contribution in [0.1, 0.15) is 49.0 Å². The minimum atomic E-state index is -0.930. The largest absolute Gasteiger partial charge is 0.466 e. The highest BCUT2D eigenvalue weighted by atomic mass is 32.1. The fraction of sp³-hybridized carbons (Fsp3) is 0.345. The van der Waals surface area contributed by atoms with E-state index in [-0.39, 0.29) is 24.2 Å². The third-order valence-corrected chi connectivity index (χ3v) is 8.19. The van der Waals surface area contributed by atoms with Crippen LogP contribution in [0, 0.1) is 0 Å². The molecule has 2 aromatic heterocycles. The van der Waals surface area contributed by atoms with Crippen molar-refractivity contribution in [2.45, 2.75) is 45.2 Å². The molecule has 192 valence electrons. The first-order valence-electron chi connectivity index (χ1n) is 12.7. The summed E-state index contributed by atoms with van der Waals surface area (Å²) in [6.45, 7) is 5.32. The second-order valence-electron chi connectivity index (χ2n) is 9.66. The molecule has 2 amide bonds. The lowest BCUT2D eigenvalue weighted by Gasteiger charge is -2.51. The van der Waals surface area contributed by atoms with Crippen molar-refractivity contribution in [2.24, 2.45) is 0 Å². The monoisotopic (exact) mass is 517 g/mol. The minimum Gasteiger partial charge on any atom is -0.466 e. The minimum absolute atomic E-state index is 0.0953. The maximum atomic E-state index is 14.0. The summed E-state index contributed by atoms with van der Waals surface area (Å²) in [7, 11) is 0. The number of carbonyl (C=O) groups excluding carboxylic acids is 3. The Morgan fingerprint density at radius 1 is 1.16 bits per heavy atom. The molecule has 1 aliphatic heterocycles. The number of rotatable bonds is 9. The van der Waals surface area contributed by atoms with Gasteiger partial charge in [-0.3, -0.25) is 14.4 Å². The van der Waals surface area contributed by atoms with Crippen molar-refractivity contribution in [1.29, 1.82) is 0 Å². The predicted octanol–water partition coefficient (Wildman–Crippen LogP) is 5.36. The van der Waals surface area contributed by atoms with Crippen molar-refractivity contribution >= 4 is 50.1 Å². The molecule has 8 heteroatoms. The Balaban J connectivity index is 1.37. The summed E-state index contributed by atoms with van der Waals surface area (Å²) < 4.78 is 6.12. The molecule has 0 radical (unpaired) electrons. The van der Waals surface area contributed by atoms with Crippen molar-refractivity contribution in [3.8, 4) is 0 Å². The van der Waals surface area contributed by atoms with Crippen molar-refractivity contribution in [3.05, 3.63) is 71.2 Å². The second kappa shape index (κ2) is 10.4. The molecule has 1 saturated heterocycles. The molecule has 1 unspecified atom stereocenters. The van der Waals surface area contributed by atoms with E-state index >= 15 is 0 Å². The molecule has 0 saturated carbocycles. The molecule has 4 aromatic rings. The van der Waals surface area contributed by atoms with Crippen LogP contribution in [0.3, 0.4) is 0 Å². The maximum absolute atomic E-state index is 14.0. The molecule has 2 aromatic carbocycles. The van der Waals surface area contributed by atoms with Gasteiger partial charge in [0.1, 0.15) is 5.54 Å². The number of hydrogen-bond acceptors (Lipinski definition) is 5. The average Bonchev–Trinajstić information content (AvgIpc) is 3.53. The van der Waals surface area contributed by atoms with E-state index in [2.05, 4.69) is 4.98 Å². The molecule has 1 atom stereocenters. The Morgan fingerprint density at radius 3 is 2.78 bits per heavy atom. The molecule has 1 fully saturated rings. The van der Waals surface area contributed by atoms with Gasteiger partial charge in [0.05, 0.1) is 12.2 Å². The SMILES string of the molecule is CCOC(=O)CCCN(Cc1ccc2cc[nH]c2c1)C(=O)C1(C)CCN1C(=O)c1csc2ccccc12. The van der Waals surface area contributed by atoms with Gasteiger partial charge < -0.3 is 19.5 Å². The van der Waals surface area contributed by atoms with Crippen LogP contribution in [-0.4, -0.2) is 57.8 Å². The van der Waals surface area contributed by atoms with Crippen LogP contribution in [-0.2, 0) is 20.9 Å². The fourth-order valence-electron chi connectivity index (χ4n) is 5.05. The van der Waals surface area contributed by atoms with Gasteiger partial charge in [0, 0.05) is 53.2 Å². The van der Waals surface area contributed by atoms with Gasteiger partial charge in [0.15, 0.2) is 0 Å². The number of H-pyrrole nitrogens is 1. The average molecular weight is 518 g/mol. The third kappa shape index (κ3) is 4.85. The molecule has 1 aliphatic rings. The van der Waals surface area contributed by atoms with Gasteiger partial charge in [-0.15, -0.1) is 11.3 Å². The Morgan fingerprint density at radius 2 is 2.00 bits per heavy atom. The van der Waals surface area contributed by atoms with Crippen LogP contribution >= 0.6 is 11.3 Å². The zero-order valence-corrected chi connectivity index (χ0v) is 22.0. The van der Waals surface area contributed by atoms with E-state index in [1.54, 1.807) is 28.1 Å². The summed E-state index contributed by atoms with van der Waals surface area (Å²) in [5, 5.41) is 3.92. The molecular weight excluding hydrogens is 486 g/mol. The topological polar surface area (TPSA) is 82.7 Å². The maximum Gasteiger partial charge on any atom is 0.305 e. The van der Waals surface area contributed by atoms with E-state index in [1.807, 2.05) is 67.0 Å². The predicted molar refractivity (Wildman–Crippen MR) is 145 cm³/mol. The standard InChI is InChI=1S/C29H31N3O4S/c1-3-36-26(33)9-6-15-31(18-20-10-11-21-12-14-30-24(21)17-20)28(35)29(2)13-16-32(29)27(34)23-19-37-25-8-5-4-7-22(23)25/h4-5,7-8,10-12,14,17,19,30H,3,6,9,13,15-16,18H2,1-2H3. The molecule has 0 spiro atoms. The fourth-order valence-corrected chi connectivity index (χ4v) is 5.98. The molecule has 0 aliphatic carbocycles. The number of hydrogen-bond donors (Lipinski definition) is 1. The number of likely N-dealkylation sites (tertiary alicyclic amines) is 1. The quantitative estimate of drug-likeness (QED) is 0.303. The summed E-state index contributed by atoms with van der Waals surface area (Å²) >= 11 is 1.54. The van der Waals surface area contributed by atoms with Gasteiger partial charge in [0.2, 0.25) is 5.91 Å². The summed E-state index contributed by atoms with van der Waals surface area (Å²) in [5.74, 6) is -0.473. The number of thiophene rings is 1. The normalized spacial score (nSPS) is 17.1. The number of aromatic amines is 1. The second-order valence-corrected chi connectivity index (χ2v) is 10.6. The lowest BCUT2D eigenvalue weighted by atomic mass is 9.84. The smallest absolute Gasteiger partial charge is 0.305 e.